The van der Waals surface area contributed by atoms with E-state index in [2.05, 4.69) is 19.2 Å². The molecule has 0 saturated heterocycles. The highest BCUT2D eigenvalue weighted by Crippen LogP contribution is 2.30. The first-order valence-electron chi connectivity index (χ1n) is 6.24. The van der Waals surface area contributed by atoms with Crippen LogP contribution in [-0.4, -0.2) is 29.6 Å². The molecule has 0 aromatic heterocycles. The van der Waals surface area contributed by atoms with Crippen LogP contribution in [0.1, 0.15) is 46.0 Å². The van der Waals surface area contributed by atoms with Crippen molar-refractivity contribution in [2.75, 3.05) is 6.54 Å². The van der Waals surface area contributed by atoms with Gasteiger partial charge in [-0.25, -0.2) is 4.79 Å². The second-order valence-corrected chi connectivity index (χ2v) is 5.27. The molecule has 0 aromatic rings. The molecule has 3 nitrogen and oxygen atoms in total. The van der Waals surface area contributed by atoms with Crippen LogP contribution >= 0.6 is 0 Å². The third-order valence-electron chi connectivity index (χ3n) is 3.47. The zero-order valence-corrected chi connectivity index (χ0v) is 9.83. The van der Waals surface area contributed by atoms with Crippen LogP contribution in [0.4, 0.5) is 4.79 Å². The second-order valence-electron chi connectivity index (χ2n) is 5.27. The summed E-state index contributed by atoms with van der Waals surface area (Å²) in [6.07, 6.45) is 6.22. The van der Waals surface area contributed by atoms with E-state index in [0.717, 1.165) is 12.5 Å². The van der Waals surface area contributed by atoms with Gasteiger partial charge in [-0.15, -0.1) is 0 Å². The van der Waals surface area contributed by atoms with E-state index in [1.54, 1.807) is 0 Å². The zero-order valence-electron chi connectivity index (χ0n) is 9.83. The van der Waals surface area contributed by atoms with Gasteiger partial charge in [0.15, 0.2) is 0 Å². The molecular weight excluding hydrogens is 188 g/mol. The highest BCUT2D eigenvalue weighted by molar-refractivity contribution is 5.75. The first kappa shape index (κ1) is 10.8. The van der Waals surface area contributed by atoms with Crippen LogP contribution in [0.3, 0.4) is 0 Å². The fourth-order valence-electron chi connectivity index (χ4n) is 1.92. The number of hydrogen-bond acceptors (Lipinski definition) is 1. The van der Waals surface area contributed by atoms with Crippen LogP contribution in [0.15, 0.2) is 0 Å². The number of rotatable bonds is 4. The highest BCUT2D eigenvalue weighted by Gasteiger charge is 2.29. The van der Waals surface area contributed by atoms with E-state index in [1.807, 2.05) is 4.90 Å². The third-order valence-corrected chi connectivity index (χ3v) is 3.47. The van der Waals surface area contributed by atoms with Crippen LogP contribution in [0, 0.1) is 5.92 Å². The van der Waals surface area contributed by atoms with Crippen LogP contribution in [0.25, 0.3) is 0 Å². The Bertz CT molecular complexity index is 232. The molecule has 2 aliphatic carbocycles. The number of urea groups is 1. The molecule has 0 bridgehead atoms. The molecule has 15 heavy (non-hydrogen) atoms. The number of nitrogens with zero attached hydrogens (tertiary/aromatic N) is 1. The van der Waals surface area contributed by atoms with Crippen LogP contribution in [0.5, 0.6) is 0 Å². The lowest BCUT2D eigenvalue weighted by molar-refractivity contribution is 0.169. The minimum absolute atomic E-state index is 0.154. The lowest BCUT2D eigenvalue weighted by Gasteiger charge is -2.32. The van der Waals surface area contributed by atoms with Gasteiger partial charge in [-0.05, 0) is 51.9 Å². The fourth-order valence-corrected chi connectivity index (χ4v) is 1.92. The normalized spacial score (nSPS) is 21.3. The van der Waals surface area contributed by atoms with Crippen molar-refractivity contribution in [2.24, 2.45) is 5.92 Å². The quantitative estimate of drug-likeness (QED) is 0.759. The van der Waals surface area contributed by atoms with E-state index in [4.69, 9.17) is 0 Å². The number of hydrogen-bond donors (Lipinski definition) is 1. The van der Waals surface area contributed by atoms with E-state index in [-0.39, 0.29) is 6.03 Å². The maximum Gasteiger partial charge on any atom is 0.317 e. The van der Waals surface area contributed by atoms with Crippen molar-refractivity contribution in [2.45, 2.75) is 58.0 Å². The lowest BCUT2D eigenvalue weighted by Crippen LogP contribution is -2.50. The maximum absolute atomic E-state index is 12.0. The van der Waals surface area contributed by atoms with Crippen molar-refractivity contribution in [1.82, 2.24) is 10.2 Å². The van der Waals surface area contributed by atoms with Crippen molar-refractivity contribution in [3.8, 4) is 0 Å². The number of amides is 2. The highest BCUT2D eigenvalue weighted by atomic mass is 16.2. The van der Waals surface area contributed by atoms with Gasteiger partial charge in [0.2, 0.25) is 0 Å². The fraction of sp³-hybridized carbons (Fsp3) is 0.917. The summed E-state index contributed by atoms with van der Waals surface area (Å²) in [5.74, 6) is 0.777. The summed E-state index contributed by atoms with van der Waals surface area (Å²) >= 11 is 0. The summed E-state index contributed by atoms with van der Waals surface area (Å²) in [6.45, 7) is 5.15. The smallest absolute Gasteiger partial charge is 0.317 e. The van der Waals surface area contributed by atoms with E-state index in [9.17, 15) is 4.79 Å². The largest absolute Gasteiger partial charge is 0.335 e. The van der Waals surface area contributed by atoms with Crippen molar-refractivity contribution in [1.29, 1.82) is 0 Å². The Balaban J connectivity index is 1.81. The summed E-state index contributed by atoms with van der Waals surface area (Å²) in [7, 11) is 0. The van der Waals surface area contributed by atoms with E-state index in [0.29, 0.717) is 12.1 Å². The molecule has 0 aliphatic heterocycles. The average Bonchev–Trinajstić information content (AvgIpc) is 2.90. The van der Waals surface area contributed by atoms with Gasteiger partial charge in [-0.2, -0.15) is 0 Å². The molecule has 2 fully saturated rings. The van der Waals surface area contributed by atoms with Crippen molar-refractivity contribution < 1.29 is 4.79 Å². The van der Waals surface area contributed by atoms with Crippen LogP contribution in [-0.2, 0) is 0 Å². The molecule has 2 amide bonds. The zero-order chi connectivity index (χ0) is 10.8. The monoisotopic (exact) mass is 210 g/mol. The van der Waals surface area contributed by atoms with Crippen molar-refractivity contribution >= 4 is 6.03 Å². The summed E-state index contributed by atoms with van der Waals surface area (Å²) in [5.41, 5.74) is 0. The number of carbonyl (C=O) groups excluding carboxylic acids is 1. The third kappa shape index (κ3) is 2.86. The Hall–Kier alpha value is -0.730. The topological polar surface area (TPSA) is 32.3 Å². The first-order valence-corrected chi connectivity index (χ1v) is 6.24. The molecular formula is C12H22N2O. The van der Waals surface area contributed by atoms with E-state index >= 15 is 0 Å². The van der Waals surface area contributed by atoms with E-state index < -0.39 is 0 Å². The van der Waals surface area contributed by atoms with E-state index in [1.165, 1.54) is 32.1 Å². The number of nitrogens with one attached hydrogen (secondary N) is 1. The summed E-state index contributed by atoms with van der Waals surface area (Å²) in [6, 6.07) is 0.935. The van der Waals surface area contributed by atoms with Gasteiger partial charge in [0, 0.05) is 18.6 Å². The molecule has 2 aliphatic rings. The molecule has 0 radical (unpaired) electrons. The Morgan fingerprint density at radius 3 is 2.40 bits per heavy atom. The predicted octanol–water partition coefficient (Wildman–Crippen LogP) is 2.37. The Kier molecular flexibility index (Phi) is 3.17. The molecule has 3 heteroatoms. The second kappa shape index (κ2) is 4.42. The minimum Gasteiger partial charge on any atom is -0.335 e. The molecule has 0 aromatic carbocycles. The number of carbonyl (C=O) groups is 1. The van der Waals surface area contributed by atoms with Gasteiger partial charge in [0.1, 0.15) is 0 Å². The molecule has 2 rings (SSSR count). The van der Waals surface area contributed by atoms with Gasteiger partial charge in [0.05, 0.1) is 0 Å². The Labute approximate surface area is 92.2 Å². The van der Waals surface area contributed by atoms with Gasteiger partial charge < -0.3 is 10.2 Å². The first-order chi connectivity index (χ1) is 7.16. The van der Waals surface area contributed by atoms with Gasteiger partial charge in [-0.3, -0.25) is 0 Å². The maximum atomic E-state index is 12.0. The molecule has 0 heterocycles. The molecule has 0 unspecified atom stereocenters. The Morgan fingerprint density at radius 2 is 2.00 bits per heavy atom. The molecule has 2 saturated carbocycles. The summed E-state index contributed by atoms with van der Waals surface area (Å²) in [4.78, 5) is 14.0. The molecule has 1 N–H and O–H groups in total. The Morgan fingerprint density at radius 1 is 1.33 bits per heavy atom. The van der Waals surface area contributed by atoms with Crippen molar-refractivity contribution in [3.05, 3.63) is 0 Å². The molecule has 0 spiro atoms. The van der Waals surface area contributed by atoms with Gasteiger partial charge >= 0.3 is 6.03 Å². The summed E-state index contributed by atoms with van der Waals surface area (Å²) < 4.78 is 0. The standard InChI is InChI=1S/C12H22N2O/c1-9(2)14(8-10-6-7-10)12(15)13-11-4-3-5-11/h9-11H,3-8H2,1-2H3,(H,13,15). The van der Waals surface area contributed by atoms with Gasteiger partial charge in [-0.1, -0.05) is 0 Å². The van der Waals surface area contributed by atoms with Crippen molar-refractivity contribution in [3.63, 3.8) is 0 Å². The SMILES string of the molecule is CC(C)N(CC1CC1)C(=O)NC1CCC1. The average molecular weight is 210 g/mol. The molecule has 86 valence electrons. The molecule has 0 atom stereocenters. The van der Waals surface area contributed by atoms with Gasteiger partial charge in [0.25, 0.3) is 0 Å². The minimum atomic E-state index is 0.154. The van der Waals surface area contributed by atoms with Crippen LogP contribution in [0.2, 0.25) is 0 Å². The van der Waals surface area contributed by atoms with Crippen LogP contribution < -0.4 is 5.32 Å². The predicted molar refractivity (Wildman–Crippen MR) is 60.7 cm³/mol. The summed E-state index contributed by atoms with van der Waals surface area (Å²) in [5, 5.41) is 3.12. The lowest BCUT2D eigenvalue weighted by atomic mass is 9.93.